The molecule has 0 radical (unpaired) electrons. The molecular weight excluding hydrogens is 206 g/mol. The van der Waals surface area contributed by atoms with Crippen molar-refractivity contribution in [2.45, 2.75) is 26.2 Å². The zero-order valence-electron chi connectivity index (χ0n) is 10.5. The topological polar surface area (TPSA) is 26.0 Å². The van der Waals surface area contributed by atoms with Crippen molar-refractivity contribution >= 4 is 10.8 Å². The molecule has 0 aliphatic heterocycles. The van der Waals surface area contributed by atoms with Gasteiger partial charge in [0.25, 0.3) is 0 Å². The van der Waals surface area contributed by atoms with E-state index in [4.69, 9.17) is 5.73 Å². The Hall–Kier alpha value is -1.34. The van der Waals surface area contributed by atoms with Gasteiger partial charge in [0.05, 0.1) is 0 Å². The highest BCUT2D eigenvalue weighted by molar-refractivity contribution is 5.85. The van der Waals surface area contributed by atoms with E-state index in [1.165, 1.54) is 29.2 Å². The van der Waals surface area contributed by atoms with Crippen LogP contribution in [0.15, 0.2) is 42.5 Å². The molecule has 2 N–H and O–H groups in total. The number of hydrogen-bond donors (Lipinski definition) is 1. The van der Waals surface area contributed by atoms with Gasteiger partial charge in [0, 0.05) is 0 Å². The Bertz CT molecular complexity index is 470. The molecule has 0 aliphatic carbocycles. The summed E-state index contributed by atoms with van der Waals surface area (Å²) in [5.74, 6) is 0.616. The van der Waals surface area contributed by atoms with Crippen LogP contribution < -0.4 is 5.73 Å². The van der Waals surface area contributed by atoms with E-state index in [2.05, 4.69) is 49.4 Å². The highest BCUT2D eigenvalue weighted by Gasteiger charge is 2.08. The summed E-state index contributed by atoms with van der Waals surface area (Å²) in [5, 5.41) is 2.71. The lowest BCUT2D eigenvalue weighted by Crippen LogP contribution is -2.16. The maximum Gasteiger partial charge on any atom is -0.00457 e. The smallest absolute Gasteiger partial charge is 0.00457 e. The van der Waals surface area contributed by atoms with Crippen molar-refractivity contribution in [1.82, 2.24) is 0 Å². The van der Waals surface area contributed by atoms with Gasteiger partial charge in [0.2, 0.25) is 0 Å². The Morgan fingerprint density at radius 2 is 1.82 bits per heavy atom. The highest BCUT2D eigenvalue weighted by atomic mass is 14.5. The lowest BCUT2D eigenvalue weighted by molar-refractivity contribution is 0.489. The molecule has 0 saturated heterocycles. The number of hydrogen-bond acceptors (Lipinski definition) is 1. The summed E-state index contributed by atoms with van der Waals surface area (Å²) in [6.45, 7) is 3.02. The fraction of sp³-hybridized carbons (Fsp3) is 0.375. The zero-order chi connectivity index (χ0) is 12.1. The van der Waals surface area contributed by atoms with Crippen LogP contribution in [0.2, 0.25) is 0 Å². The highest BCUT2D eigenvalue weighted by Crippen LogP contribution is 2.22. The molecule has 1 atom stereocenters. The first kappa shape index (κ1) is 12.1. The maximum atomic E-state index is 5.85. The monoisotopic (exact) mass is 227 g/mol. The number of fused-ring (bicyclic) bond motifs is 1. The van der Waals surface area contributed by atoms with Gasteiger partial charge in [-0.15, -0.1) is 0 Å². The molecule has 0 saturated carbocycles. The summed E-state index contributed by atoms with van der Waals surface area (Å²) in [5.41, 5.74) is 7.29. The first-order valence-corrected chi connectivity index (χ1v) is 6.52. The van der Waals surface area contributed by atoms with Gasteiger partial charge in [0.1, 0.15) is 0 Å². The minimum atomic E-state index is 0.616. The molecule has 2 rings (SSSR count). The van der Waals surface area contributed by atoms with Crippen LogP contribution in [0.5, 0.6) is 0 Å². The average Bonchev–Trinajstić information content (AvgIpc) is 2.38. The van der Waals surface area contributed by atoms with Gasteiger partial charge in [0.15, 0.2) is 0 Å². The number of benzene rings is 2. The van der Waals surface area contributed by atoms with E-state index in [0.717, 1.165) is 13.0 Å². The Morgan fingerprint density at radius 1 is 1.06 bits per heavy atom. The first-order valence-electron chi connectivity index (χ1n) is 6.52. The molecule has 1 nitrogen and oxygen atoms in total. The van der Waals surface area contributed by atoms with Gasteiger partial charge < -0.3 is 5.73 Å². The lowest BCUT2D eigenvalue weighted by atomic mass is 9.92. The van der Waals surface area contributed by atoms with E-state index >= 15 is 0 Å². The summed E-state index contributed by atoms with van der Waals surface area (Å²) in [7, 11) is 0. The molecule has 2 aromatic rings. The van der Waals surface area contributed by atoms with Crippen molar-refractivity contribution in [3.05, 3.63) is 48.0 Å². The van der Waals surface area contributed by atoms with Crippen LogP contribution in [-0.2, 0) is 6.42 Å². The normalized spacial score (nSPS) is 12.8. The Balaban J connectivity index is 2.28. The molecule has 1 unspecified atom stereocenters. The van der Waals surface area contributed by atoms with Crippen molar-refractivity contribution in [2.24, 2.45) is 11.7 Å². The third-order valence-corrected chi connectivity index (χ3v) is 3.42. The maximum absolute atomic E-state index is 5.85. The summed E-state index contributed by atoms with van der Waals surface area (Å²) in [4.78, 5) is 0. The Labute approximate surface area is 104 Å². The quantitative estimate of drug-likeness (QED) is 0.827. The first-order chi connectivity index (χ1) is 8.35. The molecule has 0 bridgehead atoms. The Morgan fingerprint density at radius 3 is 2.59 bits per heavy atom. The van der Waals surface area contributed by atoms with Gasteiger partial charge in [-0.1, -0.05) is 55.8 Å². The second kappa shape index (κ2) is 5.83. The van der Waals surface area contributed by atoms with Gasteiger partial charge in [-0.25, -0.2) is 0 Å². The summed E-state index contributed by atoms with van der Waals surface area (Å²) in [6, 6.07) is 15.2. The van der Waals surface area contributed by atoms with Crippen LogP contribution >= 0.6 is 0 Å². The number of nitrogens with two attached hydrogens (primary N) is 1. The lowest BCUT2D eigenvalue weighted by Gasteiger charge is -2.15. The second-order valence-electron chi connectivity index (χ2n) is 4.73. The molecule has 17 heavy (non-hydrogen) atoms. The number of rotatable bonds is 5. The van der Waals surface area contributed by atoms with Gasteiger partial charge in [-0.05, 0) is 41.6 Å². The van der Waals surface area contributed by atoms with Crippen molar-refractivity contribution in [2.75, 3.05) is 6.54 Å². The van der Waals surface area contributed by atoms with Crippen LogP contribution in [0, 0.1) is 5.92 Å². The van der Waals surface area contributed by atoms with Crippen molar-refractivity contribution < 1.29 is 0 Å². The minimum absolute atomic E-state index is 0.616. The minimum Gasteiger partial charge on any atom is -0.330 e. The van der Waals surface area contributed by atoms with E-state index in [1.54, 1.807) is 0 Å². The molecule has 0 fully saturated rings. The van der Waals surface area contributed by atoms with Crippen LogP contribution in [0.3, 0.4) is 0 Å². The van der Waals surface area contributed by atoms with Crippen LogP contribution in [0.1, 0.15) is 25.3 Å². The fourth-order valence-corrected chi connectivity index (χ4v) is 2.49. The van der Waals surface area contributed by atoms with Crippen LogP contribution in [0.25, 0.3) is 10.8 Å². The molecule has 0 spiro atoms. The predicted molar refractivity (Wildman–Crippen MR) is 75.1 cm³/mol. The largest absolute Gasteiger partial charge is 0.330 e. The fourth-order valence-electron chi connectivity index (χ4n) is 2.49. The molecule has 0 amide bonds. The zero-order valence-corrected chi connectivity index (χ0v) is 10.5. The molecule has 90 valence electrons. The van der Waals surface area contributed by atoms with Crippen molar-refractivity contribution in [3.63, 3.8) is 0 Å². The third kappa shape index (κ3) is 2.86. The molecular formula is C16H21N. The van der Waals surface area contributed by atoms with E-state index in [1.807, 2.05) is 0 Å². The van der Waals surface area contributed by atoms with Gasteiger partial charge in [-0.3, -0.25) is 0 Å². The Kier molecular flexibility index (Phi) is 4.16. The molecule has 2 aromatic carbocycles. The second-order valence-corrected chi connectivity index (χ2v) is 4.73. The SMILES string of the molecule is CCCC(CN)Cc1cccc2ccccc12. The van der Waals surface area contributed by atoms with E-state index in [9.17, 15) is 0 Å². The summed E-state index contributed by atoms with van der Waals surface area (Å²) in [6.07, 6.45) is 3.54. The van der Waals surface area contributed by atoms with Crippen LogP contribution in [0.4, 0.5) is 0 Å². The van der Waals surface area contributed by atoms with Gasteiger partial charge >= 0.3 is 0 Å². The average molecular weight is 227 g/mol. The summed E-state index contributed by atoms with van der Waals surface area (Å²) < 4.78 is 0. The molecule has 0 heterocycles. The van der Waals surface area contributed by atoms with Crippen molar-refractivity contribution in [3.8, 4) is 0 Å². The van der Waals surface area contributed by atoms with Crippen molar-refractivity contribution in [1.29, 1.82) is 0 Å². The molecule has 0 aromatic heterocycles. The molecule has 1 heteroatoms. The van der Waals surface area contributed by atoms with E-state index < -0.39 is 0 Å². The standard InChI is InChI=1S/C16H21N/c1-2-6-13(12-17)11-15-9-5-8-14-7-3-4-10-16(14)15/h3-5,7-10,13H,2,6,11-12,17H2,1H3. The molecule has 0 aliphatic rings. The predicted octanol–water partition coefficient (Wildman–Crippen LogP) is 3.76. The van der Waals surface area contributed by atoms with Crippen LogP contribution in [-0.4, -0.2) is 6.54 Å². The van der Waals surface area contributed by atoms with E-state index in [-0.39, 0.29) is 0 Å². The summed E-state index contributed by atoms with van der Waals surface area (Å²) >= 11 is 0. The third-order valence-electron chi connectivity index (χ3n) is 3.42. The van der Waals surface area contributed by atoms with E-state index in [0.29, 0.717) is 5.92 Å². The van der Waals surface area contributed by atoms with Gasteiger partial charge in [-0.2, -0.15) is 0 Å².